The first-order chi connectivity index (χ1) is 7.26. The lowest BCUT2D eigenvalue weighted by Crippen LogP contribution is -2.39. The molecule has 1 aromatic rings. The number of rotatable bonds is 2. The molecule has 16 heavy (non-hydrogen) atoms. The van der Waals surface area contributed by atoms with Gasteiger partial charge < -0.3 is 5.73 Å². The Morgan fingerprint density at radius 3 is 2.38 bits per heavy atom. The summed E-state index contributed by atoms with van der Waals surface area (Å²) < 4.78 is 0. The van der Waals surface area contributed by atoms with Gasteiger partial charge in [0.25, 0.3) is 0 Å². The number of hydrogen-bond donors (Lipinski definition) is 1. The zero-order chi connectivity index (χ0) is 10.7. The number of hydrogen-bond acceptors (Lipinski definition) is 2. The number of thioether (sulfide) groups is 1. The van der Waals surface area contributed by atoms with Crippen LogP contribution in [0.25, 0.3) is 0 Å². The Hall–Kier alpha value is -0.180. The van der Waals surface area contributed by atoms with Gasteiger partial charge in [-0.1, -0.05) is 37.5 Å². The van der Waals surface area contributed by atoms with Gasteiger partial charge in [-0.15, -0.1) is 24.2 Å². The molecular formula is C13H20ClNS. The van der Waals surface area contributed by atoms with Gasteiger partial charge in [0.1, 0.15) is 0 Å². The monoisotopic (exact) mass is 257 g/mol. The minimum Gasteiger partial charge on any atom is -0.321 e. The molecule has 0 heterocycles. The van der Waals surface area contributed by atoms with E-state index in [9.17, 15) is 0 Å². The van der Waals surface area contributed by atoms with Crippen LogP contribution in [-0.4, -0.2) is 6.26 Å². The fraction of sp³-hybridized carbons (Fsp3) is 0.538. The van der Waals surface area contributed by atoms with E-state index in [0.717, 1.165) is 12.8 Å². The van der Waals surface area contributed by atoms with E-state index >= 15 is 0 Å². The van der Waals surface area contributed by atoms with Gasteiger partial charge in [-0.3, -0.25) is 0 Å². The molecule has 2 N–H and O–H groups in total. The highest BCUT2D eigenvalue weighted by molar-refractivity contribution is 7.98. The van der Waals surface area contributed by atoms with Crippen molar-refractivity contribution in [3.8, 4) is 0 Å². The molecule has 1 saturated carbocycles. The summed E-state index contributed by atoms with van der Waals surface area (Å²) in [4.78, 5) is 1.35. The second-order valence-electron chi connectivity index (χ2n) is 4.42. The molecule has 0 saturated heterocycles. The van der Waals surface area contributed by atoms with E-state index in [1.807, 2.05) is 11.8 Å². The summed E-state index contributed by atoms with van der Waals surface area (Å²) >= 11 is 1.81. The van der Waals surface area contributed by atoms with Gasteiger partial charge in [0.05, 0.1) is 0 Å². The van der Waals surface area contributed by atoms with Crippen molar-refractivity contribution in [2.75, 3.05) is 6.26 Å². The van der Waals surface area contributed by atoms with Gasteiger partial charge >= 0.3 is 0 Å². The lowest BCUT2D eigenvalue weighted by atomic mass is 9.77. The van der Waals surface area contributed by atoms with Gasteiger partial charge in [0, 0.05) is 10.4 Å². The molecule has 3 heteroatoms. The molecule has 0 radical (unpaired) electrons. The smallest absolute Gasteiger partial charge is 0.0420 e. The van der Waals surface area contributed by atoms with Crippen molar-refractivity contribution < 1.29 is 0 Å². The van der Waals surface area contributed by atoms with Crippen LogP contribution in [0.5, 0.6) is 0 Å². The van der Waals surface area contributed by atoms with Crippen molar-refractivity contribution in [3.05, 3.63) is 29.8 Å². The first kappa shape index (κ1) is 13.9. The zero-order valence-electron chi connectivity index (χ0n) is 9.74. The molecule has 1 fully saturated rings. The average Bonchev–Trinajstić information content (AvgIpc) is 2.30. The Morgan fingerprint density at radius 1 is 1.12 bits per heavy atom. The van der Waals surface area contributed by atoms with Crippen LogP contribution in [-0.2, 0) is 5.54 Å². The van der Waals surface area contributed by atoms with Crippen molar-refractivity contribution >= 4 is 24.2 Å². The summed E-state index contributed by atoms with van der Waals surface area (Å²) in [6.45, 7) is 0. The van der Waals surface area contributed by atoms with Crippen LogP contribution in [0.3, 0.4) is 0 Å². The molecule has 2 rings (SSSR count). The lowest BCUT2D eigenvalue weighted by Gasteiger charge is -2.35. The van der Waals surface area contributed by atoms with Crippen LogP contribution in [0.1, 0.15) is 37.7 Å². The fourth-order valence-corrected chi connectivity index (χ4v) is 3.21. The van der Waals surface area contributed by atoms with Crippen molar-refractivity contribution in [2.45, 2.75) is 42.5 Å². The van der Waals surface area contributed by atoms with E-state index in [0.29, 0.717) is 0 Å². The predicted molar refractivity (Wildman–Crippen MR) is 74.4 cm³/mol. The molecule has 1 aliphatic carbocycles. The third-order valence-corrected chi connectivity index (χ3v) is 4.18. The third kappa shape index (κ3) is 2.73. The van der Waals surface area contributed by atoms with E-state index in [2.05, 4.69) is 30.5 Å². The molecule has 1 aromatic carbocycles. The van der Waals surface area contributed by atoms with Crippen LogP contribution < -0.4 is 5.73 Å². The van der Waals surface area contributed by atoms with Crippen molar-refractivity contribution in [2.24, 2.45) is 5.73 Å². The Kier molecular flexibility index (Phi) is 5.16. The van der Waals surface area contributed by atoms with Gasteiger partial charge in [-0.05, 0) is 30.7 Å². The van der Waals surface area contributed by atoms with E-state index in [1.165, 1.54) is 29.7 Å². The van der Waals surface area contributed by atoms with Crippen molar-refractivity contribution in [3.63, 3.8) is 0 Å². The van der Waals surface area contributed by atoms with Crippen LogP contribution in [0, 0.1) is 0 Å². The summed E-state index contributed by atoms with van der Waals surface area (Å²) in [6, 6.07) is 8.60. The standard InChI is InChI=1S/C13H19NS.ClH/c1-15-12-8-4-3-7-11(12)13(14)9-5-2-6-10-13;/h3-4,7-8H,2,5-6,9-10,14H2,1H3;1H. The van der Waals surface area contributed by atoms with E-state index in [-0.39, 0.29) is 17.9 Å². The van der Waals surface area contributed by atoms with E-state index in [1.54, 1.807) is 0 Å². The van der Waals surface area contributed by atoms with Crippen LogP contribution in [0.15, 0.2) is 29.2 Å². The minimum atomic E-state index is -0.0577. The molecule has 0 amide bonds. The molecule has 90 valence electrons. The summed E-state index contributed by atoms with van der Waals surface area (Å²) in [7, 11) is 0. The van der Waals surface area contributed by atoms with Crippen molar-refractivity contribution in [1.82, 2.24) is 0 Å². The molecule has 0 atom stereocenters. The first-order valence-corrected chi connectivity index (χ1v) is 6.91. The number of halogens is 1. The summed E-state index contributed by atoms with van der Waals surface area (Å²) in [5.74, 6) is 0. The Labute approximate surface area is 109 Å². The quantitative estimate of drug-likeness (QED) is 0.812. The predicted octanol–water partition coefficient (Wildman–Crippen LogP) is 3.95. The van der Waals surface area contributed by atoms with E-state index in [4.69, 9.17) is 5.73 Å². The van der Waals surface area contributed by atoms with Gasteiger partial charge in [-0.25, -0.2) is 0 Å². The molecule has 0 spiro atoms. The Balaban J connectivity index is 0.00000128. The minimum absolute atomic E-state index is 0. The first-order valence-electron chi connectivity index (χ1n) is 5.69. The maximum Gasteiger partial charge on any atom is 0.0420 e. The normalized spacial score (nSPS) is 18.9. The molecule has 0 aromatic heterocycles. The second-order valence-corrected chi connectivity index (χ2v) is 5.27. The van der Waals surface area contributed by atoms with Gasteiger partial charge in [-0.2, -0.15) is 0 Å². The molecule has 0 unspecified atom stereocenters. The zero-order valence-corrected chi connectivity index (χ0v) is 11.4. The summed E-state index contributed by atoms with van der Waals surface area (Å²) in [5.41, 5.74) is 7.84. The fourth-order valence-electron chi connectivity index (χ4n) is 2.51. The molecule has 0 aliphatic heterocycles. The molecule has 1 aliphatic rings. The largest absolute Gasteiger partial charge is 0.321 e. The molecular weight excluding hydrogens is 238 g/mol. The average molecular weight is 258 g/mol. The van der Waals surface area contributed by atoms with E-state index < -0.39 is 0 Å². The van der Waals surface area contributed by atoms with Crippen LogP contribution in [0.4, 0.5) is 0 Å². The number of nitrogens with two attached hydrogens (primary N) is 1. The topological polar surface area (TPSA) is 26.0 Å². The molecule has 0 bridgehead atoms. The Bertz CT molecular complexity index is 334. The van der Waals surface area contributed by atoms with Crippen molar-refractivity contribution in [1.29, 1.82) is 0 Å². The SMILES string of the molecule is CSc1ccccc1C1(N)CCCCC1.Cl. The molecule has 1 nitrogen and oxygen atoms in total. The third-order valence-electron chi connectivity index (χ3n) is 3.39. The lowest BCUT2D eigenvalue weighted by molar-refractivity contribution is 0.298. The maximum absolute atomic E-state index is 6.54. The second kappa shape index (κ2) is 5.95. The highest BCUT2D eigenvalue weighted by Gasteiger charge is 2.30. The Morgan fingerprint density at radius 2 is 1.75 bits per heavy atom. The summed E-state index contributed by atoms with van der Waals surface area (Å²) in [5, 5.41) is 0. The van der Waals surface area contributed by atoms with Gasteiger partial charge in [0.15, 0.2) is 0 Å². The highest BCUT2D eigenvalue weighted by Crippen LogP contribution is 2.38. The van der Waals surface area contributed by atoms with Gasteiger partial charge in [0.2, 0.25) is 0 Å². The van der Waals surface area contributed by atoms with Crippen LogP contribution in [0.2, 0.25) is 0 Å². The maximum atomic E-state index is 6.54. The van der Waals surface area contributed by atoms with Crippen LogP contribution >= 0.6 is 24.2 Å². The highest BCUT2D eigenvalue weighted by atomic mass is 35.5. The number of benzene rings is 1. The summed E-state index contributed by atoms with van der Waals surface area (Å²) in [6.07, 6.45) is 8.32.